The lowest BCUT2D eigenvalue weighted by Crippen LogP contribution is -2.48. The summed E-state index contributed by atoms with van der Waals surface area (Å²) in [6, 6.07) is 15.2. The van der Waals surface area contributed by atoms with Crippen LogP contribution in [-0.4, -0.2) is 24.7 Å². The zero-order chi connectivity index (χ0) is 18.1. The van der Waals surface area contributed by atoms with Crippen LogP contribution in [0.25, 0.3) is 11.1 Å². The quantitative estimate of drug-likeness (QED) is 0.868. The van der Waals surface area contributed by atoms with Crippen molar-refractivity contribution in [3.63, 3.8) is 0 Å². The van der Waals surface area contributed by atoms with Crippen LogP contribution in [0.5, 0.6) is 0 Å². The molecule has 0 saturated heterocycles. The fourth-order valence-corrected chi connectivity index (χ4v) is 3.68. The highest BCUT2D eigenvalue weighted by Crippen LogP contribution is 2.44. The second kappa shape index (κ2) is 6.83. The van der Waals surface area contributed by atoms with E-state index in [1.807, 2.05) is 36.4 Å². The van der Waals surface area contributed by atoms with Gasteiger partial charge in [-0.15, -0.1) is 0 Å². The molecule has 2 aliphatic rings. The average Bonchev–Trinajstić information content (AvgIpc) is 3.40. The maximum Gasteiger partial charge on any atom is 0.407 e. The molecule has 134 valence electrons. The van der Waals surface area contributed by atoms with E-state index in [1.54, 1.807) is 0 Å². The fourth-order valence-electron chi connectivity index (χ4n) is 3.68. The summed E-state index contributed by atoms with van der Waals surface area (Å²) in [5.74, 6) is -0.935. The summed E-state index contributed by atoms with van der Waals surface area (Å²) in [5, 5.41) is 13.6. The number of benzene rings is 2. The molecule has 2 aromatic rings. The summed E-state index contributed by atoms with van der Waals surface area (Å²) in [5.41, 5.74) is 4.55. The normalized spacial score (nSPS) is 16.5. The Morgan fingerprint density at radius 3 is 2.15 bits per heavy atom. The number of ether oxygens (including phenoxy) is 1. The number of hydrogen-bond donors (Lipinski definition) is 1. The minimum Gasteiger partial charge on any atom is -0.548 e. The van der Waals surface area contributed by atoms with E-state index in [2.05, 4.69) is 17.4 Å². The molecule has 0 bridgehead atoms. The van der Waals surface area contributed by atoms with Gasteiger partial charge in [0, 0.05) is 5.92 Å². The molecule has 1 atom stereocenters. The van der Waals surface area contributed by atoms with Crippen LogP contribution in [0.4, 0.5) is 4.79 Å². The Morgan fingerprint density at radius 1 is 1.04 bits per heavy atom. The number of alkyl carbamates (subject to hydrolysis) is 1. The van der Waals surface area contributed by atoms with Crippen LogP contribution in [0.1, 0.15) is 36.3 Å². The zero-order valence-electron chi connectivity index (χ0n) is 14.3. The third-order valence-corrected chi connectivity index (χ3v) is 5.19. The van der Waals surface area contributed by atoms with E-state index in [0.717, 1.165) is 35.1 Å². The molecular weight excluding hydrogens is 330 g/mol. The molecule has 1 amide bonds. The van der Waals surface area contributed by atoms with Gasteiger partial charge in [-0.25, -0.2) is 4.79 Å². The van der Waals surface area contributed by atoms with Gasteiger partial charge in [-0.05, 0) is 34.6 Å². The van der Waals surface area contributed by atoms with Crippen LogP contribution in [-0.2, 0) is 9.53 Å². The number of fused-ring (bicyclic) bond motifs is 3. The lowest BCUT2D eigenvalue weighted by molar-refractivity contribution is -0.308. The number of carbonyl (C=O) groups is 2. The van der Waals surface area contributed by atoms with Crippen molar-refractivity contribution in [1.82, 2.24) is 5.32 Å². The predicted molar refractivity (Wildman–Crippen MR) is 94.3 cm³/mol. The van der Waals surface area contributed by atoms with E-state index in [4.69, 9.17) is 4.74 Å². The summed E-state index contributed by atoms with van der Waals surface area (Å²) >= 11 is 0. The highest BCUT2D eigenvalue weighted by molar-refractivity contribution is 5.80. The van der Waals surface area contributed by atoms with E-state index in [1.165, 1.54) is 0 Å². The number of rotatable bonds is 6. The standard InChI is InChI=1S/C21H21NO4/c23-20(24)19(11-13-9-10-13)22-21(25)26-12-18-16-7-3-1-5-14(16)15-6-2-4-8-17(15)18/h1-8,13,18-19H,9-12H2,(H,22,25)(H,23,24)/p-1/t19-/m0/s1. The van der Waals surface area contributed by atoms with Crippen LogP contribution in [0.15, 0.2) is 48.5 Å². The van der Waals surface area contributed by atoms with Crippen molar-refractivity contribution in [1.29, 1.82) is 0 Å². The van der Waals surface area contributed by atoms with Gasteiger partial charge in [0.2, 0.25) is 0 Å². The lowest BCUT2D eigenvalue weighted by atomic mass is 9.98. The molecule has 1 saturated carbocycles. The molecule has 5 heteroatoms. The average molecular weight is 350 g/mol. The Hall–Kier alpha value is -2.82. The molecule has 0 unspecified atom stereocenters. The molecule has 0 aliphatic heterocycles. The Kier molecular flexibility index (Phi) is 4.37. The SMILES string of the molecule is O=C(N[C@@H](CC1CC1)C(=O)[O-])OCC1c2ccccc2-c2ccccc21. The minimum atomic E-state index is -1.26. The van der Waals surface area contributed by atoms with Gasteiger partial charge in [0.25, 0.3) is 0 Å². The molecule has 0 spiro atoms. The maximum atomic E-state index is 12.1. The molecule has 0 heterocycles. The van der Waals surface area contributed by atoms with Crippen molar-refractivity contribution in [3.8, 4) is 11.1 Å². The summed E-state index contributed by atoms with van der Waals surface area (Å²) in [6.45, 7) is 0.170. The number of hydrogen-bond acceptors (Lipinski definition) is 4. The van der Waals surface area contributed by atoms with E-state index in [-0.39, 0.29) is 12.5 Å². The summed E-state index contributed by atoms with van der Waals surface area (Å²) in [6.07, 6.45) is 1.72. The molecule has 5 nitrogen and oxygen atoms in total. The number of carboxylic acid groups (broad SMARTS) is 1. The number of carbonyl (C=O) groups excluding carboxylic acids is 2. The first kappa shape index (κ1) is 16.6. The molecule has 1 N–H and O–H groups in total. The summed E-state index contributed by atoms with van der Waals surface area (Å²) in [7, 11) is 0. The third kappa shape index (κ3) is 3.29. The molecule has 4 rings (SSSR count). The van der Waals surface area contributed by atoms with E-state index in [9.17, 15) is 14.7 Å². The molecule has 2 aromatic carbocycles. The van der Waals surface area contributed by atoms with Crippen LogP contribution in [0.3, 0.4) is 0 Å². The predicted octanol–water partition coefficient (Wildman–Crippen LogP) is 2.44. The molecule has 26 heavy (non-hydrogen) atoms. The van der Waals surface area contributed by atoms with Gasteiger partial charge in [0.1, 0.15) is 6.61 Å². The number of aliphatic carboxylic acids is 1. The Morgan fingerprint density at radius 2 is 1.62 bits per heavy atom. The van der Waals surface area contributed by atoms with Gasteiger partial charge in [-0.1, -0.05) is 61.4 Å². The smallest absolute Gasteiger partial charge is 0.407 e. The Bertz CT molecular complexity index is 798. The Balaban J connectivity index is 1.44. The highest BCUT2D eigenvalue weighted by Gasteiger charge is 2.30. The van der Waals surface area contributed by atoms with E-state index >= 15 is 0 Å². The molecule has 0 aromatic heterocycles. The fraction of sp³-hybridized carbons (Fsp3) is 0.333. The van der Waals surface area contributed by atoms with Crippen molar-refractivity contribution in [2.24, 2.45) is 5.92 Å². The number of carboxylic acids is 1. The largest absolute Gasteiger partial charge is 0.548 e. The van der Waals surface area contributed by atoms with Crippen molar-refractivity contribution in [2.75, 3.05) is 6.61 Å². The molecule has 2 aliphatic carbocycles. The minimum absolute atomic E-state index is 0.0435. The van der Waals surface area contributed by atoms with Crippen molar-refractivity contribution in [2.45, 2.75) is 31.2 Å². The van der Waals surface area contributed by atoms with Gasteiger partial charge < -0.3 is 20.0 Å². The second-order valence-corrected chi connectivity index (χ2v) is 7.02. The van der Waals surface area contributed by atoms with Crippen molar-refractivity contribution in [3.05, 3.63) is 59.7 Å². The van der Waals surface area contributed by atoms with Gasteiger partial charge in [0.05, 0.1) is 12.0 Å². The number of amides is 1. The van der Waals surface area contributed by atoms with Crippen LogP contribution in [0, 0.1) is 5.92 Å². The first-order valence-corrected chi connectivity index (χ1v) is 8.96. The lowest BCUT2D eigenvalue weighted by Gasteiger charge is -2.20. The van der Waals surface area contributed by atoms with Gasteiger partial charge in [0.15, 0.2) is 0 Å². The molecule has 1 fully saturated rings. The maximum absolute atomic E-state index is 12.1. The summed E-state index contributed by atoms with van der Waals surface area (Å²) < 4.78 is 5.38. The monoisotopic (exact) mass is 350 g/mol. The van der Waals surface area contributed by atoms with E-state index in [0.29, 0.717) is 12.3 Å². The van der Waals surface area contributed by atoms with Gasteiger partial charge in [-0.2, -0.15) is 0 Å². The second-order valence-electron chi connectivity index (χ2n) is 7.02. The zero-order valence-corrected chi connectivity index (χ0v) is 14.3. The van der Waals surface area contributed by atoms with E-state index < -0.39 is 18.1 Å². The topological polar surface area (TPSA) is 78.5 Å². The highest BCUT2D eigenvalue weighted by atomic mass is 16.5. The third-order valence-electron chi connectivity index (χ3n) is 5.19. The van der Waals surface area contributed by atoms with Crippen molar-refractivity contribution < 1.29 is 19.4 Å². The van der Waals surface area contributed by atoms with Crippen LogP contribution < -0.4 is 10.4 Å². The first-order chi connectivity index (χ1) is 12.6. The summed E-state index contributed by atoms with van der Waals surface area (Å²) in [4.78, 5) is 23.3. The van der Waals surface area contributed by atoms with Crippen LogP contribution >= 0.6 is 0 Å². The Labute approximate surface area is 152 Å². The number of nitrogens with one attached hydrogen (secondary N) is 1. The van der Waals surface area contributed by atoms with Crippen LogP contribution in [0.2, 0.25) is 0 Å². The first-order valence-electron chi connectivity index (χ1n) is 8.96. The molecule has 0 radical (unpaired) electrons. The van der Waals surface area contributed by atoms with Gasteiger partial charge in [-0.3, -0.25) is 0 Å². The van der Waals surface area contributed by atoms with Crippen molar-refractivity contribution >= 4 is 12.1 Å². The molecular formula is C21H20NO4-. The van der Waals surface area contributed by atoms with Gasteiger partial charge >= 0.3 is 6.09 Å².